The number of hydrogen-bond acceptors (Lipinski definition) is 2. The minimum atomic E-state index is -1.07. The Morgan fingerprint density at radius 3 is 2.44 bits per heavy atom. The van der Waals surface area contributed by atoms with Gasteiger partial charge in [-0.2, -0.15) is 0 Å². The standard InChI is InChI=1S/C13H13F2NO2/c1-13(2)11(17)5-6-16(13)12(18)8-3-4-9(14)10(15)7-8/h3-4,7H,5-6H2,1-2H3. The van der Waals surface area contributed by atoms with E-state index < -0.39 is 23.1 Å². The number of benzene rings is 1. The van der Waals surface area contributed by atoms with Crippen molar-refractivity contribution in [2.75, 3.05) is 6.54 Å². The number of amides is 1. The van der Waals surface area contributed by atoms with E-state index >= 15 is 0 Å². The summed E-state index contributed by atoms with van der Waals surface area (Å²) in [5, 5.41) is 0. The van der Waals surface area contributed by atoms with Crippen molar-refractivity contribution in [3.05, 3.63) is 35.4 Å². The number of hydrogen-bond donors (Lipinski definition) is 0. The maximum Gasteiger partial charge on any atom is 0.254 e. The van der Waals surface area contributed by atoms with Gasteiger partial charge < -0.3 is 4.90 Å². The van der Waals surface area contributed by atoms with E-state index in [4.69, 9.17) is 0 Å². The Bertz CT molecular complexity index is 526. The van der Waals surface area contributed by atoms with Gasteiger partial charge in [-0.15, -0.1) is 0 Å². The molecule has 0 aromatic heterocycles. The molecule has 1 fully saturated rings. The molecule has 0 aliphatic carbocycles. The zero-order valence-electron chi connectivity index (χ0n) is 10.2. The quantitative estimate of drug-likeness (QED) is 0.769. The highest BCUT2D eigenvalue weighted by Crippen LogP contribution is 2.27. The molecule has 1 aliphatic heterocycles. The van der Waals surface area contributed by atoms with Gasteiger partial charge in [0.2, 0.25) is 0 Å². The lowest BCUT2D eigenvalue weighted by Crippen LogP contribution is -2.46. The molecule has 1 aliphatic rings. The molecule has 96 valence electrons. The number of rotatable bonds is 1. The molecule has 1 saturated heterocycles. The monoisotopic (exact) mass is 253 g/mol. The number of Topliss-reactive ketones (excluding diaryl/α,β-unsaturated/α-hetero) is 1. The second kappa shape index (κ2) is 4.15. The Labute approximate surface area is 103 Å². The highest BCUT2D eigenvalue weighted by Gasteiger charge is 2.42. The zero-order chi connectivity index (χ0) is 13.5. The number of nitrogens with zero attached hydrogens (tertiary/aromatic N) is 1. The Hall–Kier alpha value is -1.78. The van der Waals surface area contributed by atoms with E-state index in [1.165, 1.54) is 11.0 Å². The predicted octanol–water partition coefficient (Wildman–Crippen LogP) is 2.16. The molecular formula is C13H13F2NO2. The molecule has 0 saturated carbocycles. The first-order valence-corrected chi connectivity index (χ1v) is 5.64. The third-order valence-electron chi connectivity index (χ3n) is 3.33. The second-order valence-corrected chi connectivity index (χ2v) is 4.82. The molecule has 0 N–H and O–H groups in total. The molecule has 3 nitrogen and oxygen atoms in total. The highest BCUT2D eigenvalue weighted by molar-refractivity contribution is 6.01. The van der Waals surface area contributed by atoms with Gasteiger partial charge in [0.1, 0.15) is 0 Å². The largest absolute Gasteiger partial charge is 0.326 e. The summed E-state index contributed by atoms with van der Waals surface area (Å²) in [5.74, 6) is -2.55. The van der Waals surface area contributed by atoms with Gasteiger partial charge in [-0.3, -0.25) is 9.59 Å². The van der Waals surface area contributed by atoms with Crippen molar-refractivity contribution >= 4 is 11.7 Å². The van der Waals surface area contributed by atoms with Crippen molar-refractivity contribution in [3.8, 4) is 0 Å². The van der Waals surface area contributed by atoms with Crippen molar-refractivity contribution in [1.82, 2.24) is 4.90 Å². The van der Waals surface area contributed by atoms with Crippen molar-refractivity contribution in [2.24, 2.45) is 0 Å². The lowest BCUT2D eigenvalue weighted by Gasteiger charge is -2.30. The van der Waals surface area contributed by atoms with E-state index in [2.05, 4.69) is 0 Å². The summed E-state index contributed by atoms with van der Waals surface area (Å²) in [7, 11) is 0. The SMILES string of the molecule is CC1(C)C(=O)CCN1C(=O)c1ccc(F)c(F)c1. The van der Waals surface area contributed by atoms with Gasteiger partial charge in [-0.25, -0.2) is 8.78 Å². The summed E-state index contributed by atoms with van der Waals surface area (Å²) in [6.07, 6.45) is 0.294. The van der Waals surface area contributed by atoms with Gasteiger partial charge in [0.15, 0.2) is 17.4 Å². The van der Waals surface area contributed by atoms with E-state index in [-0.39, 0.29) is 11.3 Å². The van der Waals surface area contributed by atoms with E-state index in [0.717, 1.165) is 12.1 Å². The van der Waals surface area contributed by atoms with E-state index in [0.29, 0.717) is 13.0 Å². The topological polar surface area (TPSA) is 37.4 Å². The molecule has 1 aromatic rings. The molecule has 18 heavy (non-hydrogen) atoms. The summed E-state index contributed by atoms with van der Waals surface area (Å²) >= 11 is 0. The molecular weight excluding hydrogens is 240 g/mol. The summed E-state index contributed by atoms with van der Waals surface area (Å²) in [4.78, 5) is 25.2. The molecule has 1 aromatic carbocycles. The Kier molecular flexibility index (Phi) is 2.92. The first kappa shape index (κ1) is 12.7. The summed E-state index contributed by atoms with van der Waals surface area (Å²) < 4.78 is 25.9. The maximum atomic E-state index is 13.1. The normalized spacial score (nSPS) is 18.2. The first-order valence-electron chi connectivity index (χ1n) is 5.64. The van der Waals surface area contributed by atoms with Crippen molar-refractivity contribution in [3.63, 3.8) is 0 Å². The van der Waals surface area contributed by atoms with Crippen LogP contribution in [-0.2, 0) is 4.79 Å². The van der Waals surface area contributed by atoms with Crippen molar-refractivity contribution in [1.29, 1.82) is 0 Å². The Morgan fingerprint density at radius 2 is 1.94 bits per heavy atom. The third kappa shape index (κ3) is 1.89. The summed E-state index contributed by atoms with van der Waals surface area (Å²) in [5.41, 5.74) is -0.834. The Morgan fingerprint density at radius 1 is 1.28 bits per heavy atom. The number of likely N-dealkylation sites (tertiary alicyclic amines) is 1. The highest BCUT2D eigenvalue weighted by atomic mass is 19.2. The van der Waals surface area contributed by atoms with Gasteiger partial charge in [0.25, 0.3) is 5.91 Å². The number of carbonyl (C=O) groups excluding carboxylic acids is 2. The van der Waals surface area contributed by atoms with Gasteiger partial charge in [0.05, 0.1) is 5.54 Å². The van der Waals surface area contributed by atoms with Crippen LogP contribution in [0.25, 0.3) is 0 Å². The lowest BCUT2D eigenvalue weighted by atomic mass is 10.00. The van der Waals surface area contributed by atoms with Gasteiger partial charge >= 0.3 is 0 Å². The maximum absolute atomic E-state index is 13.1. The third-order valence-corrected chi connectivity index (χ3v) is 3.33. The molecule has 0 atom stereocenters. The molecule has 5 heteroatoms. The van der Waals surface area contributed by atoms with Crippen LogP contribution in [-0.4, -0.2) is 28.7 Å². The van der Waals surface area contributed by atoms with Crippen LogP contribution < -0.4 is 0 Å². The molecule has 0 bridgehead atoms. The summed E-state index contributed by atoms with van der Waals surface area (Å²) in [6, 6.07) is 2.99. The fourth-order valence-corrected chi connectivity index (χ4v) is 2.09. The zero-order valence-corrected chi connectivity index (χ0v) is 10.2. The molecule has 0 radical (unpaired) electrons. The molecule has 0 spiro atoms. The van der Waals surface area contributed by atoms with E-state index in [1.54, 1.807) is 13.8 Å². The fourth-order valence-electron chi connectivity index (χ4n) is 2.09. The average molecular weight is 253 g/mol. The number of ketones is 1. The smallest absolute Gasteiger partial charge is 0.254 e. The van der Waals surface area contributed by atoms with Crippen LogP contribution in [0.3, 0.4) is 0 Å². The van der Waals surface area contributed by atoms with E-state index in [9.17, 15) is 18.4 Å². The molecule has 2 rings (SSSR count). The number of carbonyl (C=O) groups is 2. The van der Waals surface area contributed by atoms with Crippen LogP contribution in [0.4, 0.5) is 8.78 Å². The van der Waals surface area contributed by atoms with Crippen molar-refractivity contribution < 1.29 is 18.4 Å². The Balaban J connectivity index is 2.32. The van der Waals surface area contributed by atoms with Crippen LogP contribution in [0.15, 0.2) is 18.2 Å². The first-order chi connectivity index (χ1) is 8.34. The minimum Gasteiger partial charge on any atom is -0.326 e. The van der Waals surface area contributed by atoms with Gasteiger partial charge in [-0.1, -0.05) is 0 Å². The van der Waals surface area contributed by atoms with Crippen LogP contribution in [0.1, 0.15) is 30.6 Å². The van der Waals surface area contributed by atoms with Crippen molar-refractivity contribution in [2.45, 2.75) is 25.8 Å². The molecule has 1 amide bonds. The average Bonchev–Trinajstić information content (AvgIpc) is 2.57. The van der Waals surface area contributed by atoms with Crippen LogP contribution in [0, 0.1) is 11.6 Å². The molecule has 1 heterocycles. The number of halogens is 2. The molecule has 0 unspecified atom stereocenters. The van der Waals surface area contributed by atoms with Crippen LogP contribution in [0.2, 0.25) is 0 Å². The summed E-state index contributed by atoms with van der Waals surface area (Å²) in [6.45, 7) is 3.61. The van der Waals surface area contributed by atoms with Gasteiger partial charge in [0, 0.05) is 18.5 Å². The predicted molar refractivity (Wildman–Crippen MR) is 61.1 cm³/mol. The van der Waals surface area contributed by atoms with E-state index in [1.807, 2.05) is 0 Å². The minimum absolute atomic E-state index is 0.0292. The van der Waals surface area contributed by atoms with Gasteiger partial charge in [-0.05, 0) is 32.0 Å². The fraction of sp³-hybridized carbons (Fsp3) is 0.385. The second-order valence-electron chi connectivity index (χ2n) is 4.82. The van der Waals surface area contributed by atoms with Crippen LogP contribution >= 0.6 is 0 Å². The lowest BCUT2D eigenvalue weighted by molar-refractivity contribution is -0.123. The van der Waals surface area contributed by atoms with Crippen LogP contribution in [0.5, 0.6) is 0 Å².